The van der Waals surface area contributed by atoms with E-state index in [1.165, 1.54) is 19.3 Å². The average Bonchev–Trinajstić information content (AvgIpc) is 2.45. The van der Waals surface area contributed by atoms with Gasteiger partial charge in [-0.2, -0.15) is 0 Å². The SMILES string of the molecule is CC(C)(C)OC(=O)C1NCCC1C1CCC1. The molecule has 92 valence electrons. The molecule has 1 saturated heterocycles. The first-order chi connectivity index (χ1) is 7.47. The van der Waals surface area contributed by atoms with Crippen LogP contribution in [-0.4, -0.2) is 24.2 Å². The Kier molecular flexibility index (Phi) is 3.24. The number of esters is 1. The van der Waals surface area contributed by atoms with E-state index in [1.807, 2.05) is 20.8 Å². The van der Waals surface area contributed by atoms with Crippen LogP contribution < -0.4 is 5.32 Å². The maximum absolute atomic E-state index is 12.0. The van der Waals surface area contributed by atoms with Gasteiger partial charge in [0.05, 0.1) is 0 Å². The lowest BCUT2D eigenvalue weighted by molar-refractivity contribution is -0.159. The molecule has 1 saturated carbocycles. The number of ether oxygens (including phenoxy) is 1. The lowest BCUT2D eigenvalue weighted by Gasteiger charge is -2.34. The second kappa shape index (κ2) is 4.36. The number of rotatable bonds is 2. The van der Waals surface area contributed by atoms with Crippen molar-refractivity contribution >= 4 is 5.97 Å². The Morgan fingerprint density at radius 3 is 2.44 bits per heavy atom. The van der Waals surface area contributed by atoms with Crippen LogP contribution in [0.4, 0.5) is 0 Å². The lowest BCUT2D eigenvalue weighted by Crippen LogP contribution is -2.43. The Morgan fingerprint density at radius 1 is 1.25 bits per heavy atom. The van der Waals surface area contributed by atoms with Crippen molar-refractivity contribution in [3.63, 3.8) is 0 Å². The molecule has 0 radical (unpaired) electrons. The molecular formula is C13H23NO2. The second-order valence-corrected chi connectivity index (χ2v) is 6.11. The van der Waals surface area contributed by atoms with Crippen molar-refractivity contribution in [2.45, 2.75) is 58.1 Å². The molecule has 1 aliphatic carbocycles. The largest absolute Gasteiger partial charge is 0.459 e. The number of hydrogen-bond donors (Lipinski definition) is 1. The molecule has 0 bridgehead atoms. The molecule has 2 rings (SSSR count). The summed E-state index contributed by atoms with van der Waals surface area (Å²) in [5.41, 5.74) is -0.370. The maximum atomic E-state index is 12.0. The molecule has 0 aromatic rings. The third-order valence-electron chi connectivity index (χ3n) is 3.69. The number of nitrogens with one attached hydrogen (secondary N) is 1. The molecule has 2 atom stereocenters. The number of carbonyl (C=O) groups is 1. The highest BCUT2D eigenvalue weighted by Crippen LogP contribution is 2.39. The fourth-order valence-electron chi connectivity index (χ4n) is 2.72. The Balaban J connectivity index is 1.94. The molecule has 0 aromatic heterocycles. The van der Waals surface area contributed by atoms with Gasteiger partial charge in [0.1, 0.15) is 11.6 Å². The van der Waals surface area contributed by atoms with Gasteiger partial charge in [0.2, 0.25) is 0 Å². The summed E-state index contributed by atoms with van der Waals surface area (Å²) < 4.78 is 5.47. The van der Waals surface area contributed by atoms with Crippen LogP contribution in [-0.2, 0) is 9.53 Å². The van der Waals surface area contributed by atoms with Crippen LogP contribution in [0.25, 0.3) is 0 Å². The van der Waals surface area contributed by atoms with Gasteiger partial charge in [0.25, 0.3) is 0 Å². The Hall–Kier alpha value is -0.570. The summed E-state index contributed by atoms with van der Waals surface area (Å²) in [5.74, 6) is 1.22. The summed E-state index contributed by atoms with van der Waals surface area (Å²) in [6.07, 6.45) is 5.06. The van der Waals surface area contributed by atoms with Crippen molar-refractivity contribution in [3.8, 4) is 0 Å². The third kappa shape index (κ3) is 2.57. The van der Waals surface area contributed by atoms with E-state index < -0.39 is 0 Å². The van der Waals surface area contributed by atoms with Gasteiger partial charge in [-0.25, -0.2) is 0 Å². The molecule has 0 aromatic carbocycles. The summed E-state index contributed by atoms with van der Waals surface area (Å²) in [4.78, 5) is 12.0. The fraction of sp³-hybridized carbons (Fsp3) is 0.923. The monoisotopic (exact) mass is 225 g/mol. The van der Waals surface area contributed by atoms with E-state index in [2.05, 4.69) is 5.32 Å². The first-order valence-corrected chi connectivity index (χ1v) is 6.43. The lowest BCUT2D eigenvalue weighted by atomic mass is 9.73. The van der Waals surface area contributed by atoms with Gasteiger partial charge in [-0.15, -0.1) is 0 Å². The zero-order valence-electron chi connectivity index (χ0n) is 10.6. The standard InChI is InChI=1S/C13H23NO2/c1-13(2,3)16-12(15)11-10(7-8-14-11)9-5-4-6-9/h9-11,14H,4-8H2,1-3H3. The average molecular weight is 225 g/mol. The molecular weight excluding hydrogens is 202 g/mol. The minimum atomic E-state index is -0.370. The second-order valence-electron chi connectivity index (χ2n) is 6.11. The van der Waals surface area contributed by atoms with Crippen LogP contribution in [0, 0.1) is 11.8 Å². The molecule has 1 heterocycles. The highest BCUT2D eigenvalue weighted by atomic mass is 16.6. The molecule has 3 heteroatoms. The predicted molar refractivity (Wildman–Crippen MR) is 63.1 cm³/mol. The molecule has 1 N–H and O–H groups in total. The molecule has 1 aliphatic heterocycles. The Labute approximate surface area is 97.9 Å². The summed E-state index contributed by atoms with van der Waals surface area (Å²) in [6, 6.07) is -0.0514. The van der Waals surface area contributed by atoms with E-state index >= 15 is 0 Å². The van der Waals surface area contributed by atoms with Gasteiger partial charge in [0, 0.05) is 0 Å². The molecule has 0 amide bonds. The maximum Gasteiger partial charge on any atom is 0.323 e. The van der Waals surface area contributed by atoms with Gasteiger partial charge >= 0.3 is 5.97 Å². The van der Waals surface area contributed by atoms with Crippen LogP contribution in [0.5, 0.6) is 0 Å². The highest BCUT2D eigenvalue weighted by Gasteiger charge is 2.41. The van der Waals surface area contributed by atoms with E-state index in [0.717, 1.165) is 18.9 Å². The fourth-order valence-corrected chi connectivity index (χ4v) is 2.72. The van der Waals surface area contributed by atoms with Crippen molar-refractivity contribution in [3.05, 3.63) is 0 Å². The summed E-state index contributed by atoms with van der Waals surface area (Å²) >= 11 is 0. The summed E-state index contributed by atoms with van der Waals surface area (Å²) in [7, 11) is 0. The van der Waals surface area contributed by atoms with Crippen LogP contribution in [0.15, 0.2) is 0 Å². The number of carbonyl (C=O) groups excluding carboxylic acids is 1. The van der Waals surface area contributed by atoms with Crippen molar-refractivity contribution in [2.24, 2.45) is 11.8 Å². The van der Waals surface area contributed by atoms with Crippen molar-refractivity contribution in [2.75, 3.05) is 6.54 Å². The zero-order valence-corrected chi connectivity index (χ0v) is 10.6. The van der Waals surface area contributed by atoms with Crippen LogP contribution >= 0.6 is 0 Å². The van der Waals surface area contributed by atoms with Crippen LogP contribution in [0.2, 0.25) is 0 Å². The van der Waals surface area contributed by atoms with Gasteiger partial charge in [-0.05, 0) is 45.6 Å². The smallest absolute Gasteiger partial charge is 0.323 e. The van der Waals surface area contributed by atoms with E-state index in [0.29, 0.717) is 5.92 Å². The minimum Gasteiger partial charge on any atom is -0.459 e. The first-order valence-electron chi connectivity index (χ1n) is 6.43. The van der Waals surface area contributed by atoms with E-state index in [-0.39, 0.29) is 17.6 Å². The highest BCUT2D eigenvalue weighted by molar-refractivity contribution is 5.77. The van der Waals surface area contributed by atoms with Crippen molar-refractivity contribution in [1.29, 1.82) is 0 Å². The number of hydrogen-bond acceptors (Lipinski definition) is 3. The van der Waals surface area contributed by atoms with Gasteiger partial charge < -0.3 is 10.1 Å². The van der Waals surface area contributed by atoms with Gasteiger partial charge in [-0.1, -0.05) is 19.3 Å². The molecule has 0 spiro atoms. The van der Waals surface area contributed by atoms with E-state index in [4.69, 9.17) is 4.74 Å². The molecule has 2 unspecified atom stereocenters. The van der Waals surface area contributed by atoms with Crippen molar-refractivity contribution < 1.29 is 9.53 Å². The molecule has 3 nitrogen and oxygen atoms in total. The summed E-state index contributed by atoms with van der Waals surface area (Å²) in [6.45, 7) is 6.75. The van der Waals surface area contributed by atoms with Crippen molar-refractivity contribution in [1.82, 2.24) is 5.32 Å². The quantitative estimate of drug-likeness (QED) is 0.731. The Bertz CT molecular complexity index is 266. The van der Waals surface area contributed by atoms with Crippen LogP contribution in [0.1, 0.15) is 46.5 Å². The zero-order chi connectivity index (χ0) is 11.8. The topological polar surface area (TPSA) is 38.3 Å². The molecule has 2 aliphatic rings. The molecule has 16 heavy (non-hydrogen) atoms. The van der Waals surface area contributed by atoms with Crippen LogP contribution in [0.3, 0.4) is 0 Å². The van der Waals surface area contributed by atoms with Gasteiger partial charge in [0.15, 0.2) is 0 Å². The van der Waals surface area contributed by atoms with E-state index in [9.17, 15) is 4.79 Å². The van der Waals surface area contributed by atoms with Gasteiger partial charge in [-0.3, -0.25) is 4.79 Å². The third-order valence-corrected chi connectivity index (χ3v) is 3.69. The molecule has 2 fully saturated rings. The first kappa shape index (κ1) is 11.9. The normalized spacial score (nSPS) is 31.2. The van der Waals surface area contributed by atoms with E-state index in [1.54, 1.807) is 0 Å². The minimum absolute atomic E-state index is 0.0514. The Morgan fingerprint density at radius 2 is 1.94 bits per heavy atom. The summed E-state index contributed by atoms with van der Waals surface area (Å²) in [5, 5.41) is 3.30. The predicted octanol–water partition coefficient (Wildman–Crippen LogP) is 2.11.